The van der Waals surface area contributed by atoms with Crippen LogP contribution in [0.3, 0.4) is 0 Å². The number of esters is 1. The molecule has 0 spiro atoms. The number of benzene rings is 1. The molecule has 0 radical (unpaired) electrons. The van der Waals surface area contributed by atoms with Crippen molar-refractivity contribution in [2.24, 2.45) is 28.6 Å². The van der Waals surface area contributed by atoms with Crippen LogP contribution in [0.4, 0.5) is 9.18 Å². The number of hydrogen-bond acceptors (Lipinski definition) is 4. The van der Waals surface area contributed by atoms with Gasteiger partial charge in [0.2, 0.25) is 0 Å². The highest BCUT2D eigenvalue weighted by molar-refractivity contribution is 5.93. The first-order valence-corrected chi connectivity index (χ1v) is 13.7. The molecule has 6 heteroatoms. The van der Waals surface area contributed by atoms with E-state index in [9.17, 15) is 18.8 Å². The Balaban J connectivity index is 1.54. The average molecular weight is 496 g/mol. The minimum Gasteiger partial charge on any atom is -0.376 e. The third-order valence-corrected chi connectivity index (χ3v) is 10.2. The van der Waals surface area contributed by atoms with E-state index < -0.39 is 18.1 Å². The van der Waals surface area contributed by atoms with Gasteiger partial charge in [0, 0.05) is 24.8 Å². The number of amides is 1. The molecule has 5 rings (SSSR count). The Hall–Kier alpha value is -2.50. The quantitative estimate of drug-likeness (QED) is 0.349. The first-order valence-electron chi connectivity index (χ1n) is 13.7. The summed E-state index contributed by atoms with van der Waals surface area (Å²) in [7, 11) is 0. The van der Waals surface area contributed by atoms with Crippen molar-refractivity contribution in [3.05, 3.63) is 47.3 Å². The summed E-state index contributed by atoms with van der Waals surface area (Å²) >= 11 is 0. The second-order valence-electron chi connectivity index (χ2n) is 12.0. The molecule has 4 aliphatic rings. The van der Waals surface area contributed by atoms with Crippen molar-refractivity contribution in [1.82, 2.24) is 4.90 Å². The molecule has 4 aliphatic carbocycles. The zero-order valence-corrected chi connectivity index (χ0v) is 21.7. The number of carbonyl (C=O) groups is 3. The predicted octanol–water partition coefficient (Wildman–Crippen LogP) is 6.60. The highest BCUT2D eigenvalue weighted by atomic mass is 19.1. The lowest BCUT2D eigenvalue weighted by atomic mass is 9.46. The van der Waals surface area contributed by atoms with Crippen LogP contribution in [0.2, 0.25) is 0 Å². The molecule has 1 aromatic carbocycles. The summed E-state index contributed by atoms with van der Waals surface area (Å²) in [6, 6.07) is 5.62. The second kappa shape index (κ2) is 9.42. The number of rotatable bonds is 4. The number of ether oxygens (including phenoxy) is 1. The van der Waals surface area contributed by atoms with E-state index >= 15 is 0 Å². The first kappa shape index (κ1) is 25.2. The van der Waals surface area contributed by atoms with Crippen molar-refractivity contribution < 1.29 is 23.5 Å². The highest BCUT2D eigenvalue weighted by Crippen LogP contribution is 2.65. The maximum atomic E-state index is 13.6. The Bertz CT molecular complexity index is 1080. The smallest absolute Gasteiger partial charge is 0.376 e. The molecule has 6 atom stereocenters. The third-order valence-electron chi connectivity index (χ3n) is 10.2. The Morgan fingerprint density at radius 2 is 1.83 bits per heavy atom. The van der Waals surface area contributed by atoms with Crippen LogP contribution in [0.15, 0.2) is 35.9 Å². The summed E-state index contributed by atoms with van der Waals surface area (Å²) in [5.74, 6) is 0.713. The lowest BCUT2D eigenvalue weighted by Crippen LogP contribution is -2.60. The van der Waals surface area contributed by atoms with Crippen molar-refractivity contribution >= 4 is 17.8 Å². The third kappa shape index (κ3) is 4.20. The average Bonchev–Trinajstić information content (AvgIpc) is 3.25. The van der Waals surface area contributed by atoms with Crippen molar-refractivity contribution in [2.75, 3.05) is 0 Å². The second-order valence-corrected chi connectivity index (χ2v) is 12.0. The Labute approximate surface area is 213 Å². The van der Waals surface area contributed by atoms with Crippen LogP contribution in [-0.4, -0.2) is 28.8 Å². The molecule has 0 heterocycles. The molecule has 0 aliphatic heterocycles. The topological polar surface area (TPSA) is 63.7 Å². The van der Waals surface area contributed by atoms with Gasteiger partial charge in [-0.25, -0.2) is 9.18 Å². The number of halogens is 1. The highest BCUT2D eigenvalue weighted by Gasteiger charge is 2.60. The fourth-order valence-corrected chi connectivity index (χ4v) is 8.35. The molecule has 5 nitrogen and oxygen atoms in total. The molecule has 1 unspecified atom stereocenters. The standard InChI is InChI=1S/C30H38FNO4/c1-4-27(34)36-28(35)32(18-19-7-10-21(31)11-8-19)26-17-22(33)16-20-9-12-23-24-6-5-14-29(24,2)15-13-25(23)30(20,26)3/h7-8,10-11,16,23-26H,4-6,9,12-15,17-18H2,1-3H3/t23-,24-,25-,26?,29-,30-/m0/s1. The van der Waals surface area contributed by atoms with E-state index in [1.54, 1.807) is 24.0 Å². The lowest BCUT2D eigenvalue weighted by Gasteiger charge is -2.60. The fourth-order valence-electron chi connectivity index (χ4n) is 8.35. The van der Waals surface area contributed by atoms with Crippen molar-refractivity contribution in [1.29, 1.82) is 0 Å². The summed E-state index contributed by atoms with van der Waals surface area (Å²) in [6.07, 6.45) is 9.52. The van der Waals surface area contributed by atoms with E-state index in [2.05, 4.69) is 13.8 Å². The van der Waals surface area contributed by atoms with Crippen molar-refractivity contribution in [3.63, 3.8) is 0 Å². The summed E-state index contributed by atoms with van der Waals surface area (Å²) in [5, 5.41) is 0. The van der Waals surface area contributed by atoms with E-state index in [1.807, 2.05) is 6.08 Å². The summed E-state index contributed by atoms with van der Waals surface area (Å²) in [6.45, 7) is 6.52. The summed E-state index contributed by atoms with van der Waals surface area (Å²) < 4.78 is 18.8. The van der Waals surface area contributed by atoms with Gasteiger partial charge in [0.25, 0.3) is 0 Å². The van der Waals surface area contributed by atoms with Crippen LogP contribution in [0, 0.1) is 34.4 Å². The Morgan fingerprint density at radius 1 is 1.08 bits per heavy atom. The molecule has 0 saturated heterocycles. The molecule has 0 aromatic heterocycles. The summed E-state index contributed by atoms with van der Waals surface area (Å²) in [4.78, 5) is 40.2. The van der Waals surface area contributed by atoms with Gasteiger partial charge in [-0.2, -0.15) is 0 Å². The normalized spacial score (nSPS) is 35.2. The molecule has 0 bridgehead atoms. The molecule has 1 aromatic rings. The molecule has 3 fully saturated rings. The van der Waals surface area contributed by atoms with Gasteiger partial charge in [-0.05, 0) is 85.5 Å². The predicted molar refractivity (Wildman–Crippen MR) is 134 cm³/mol. The number of hydrogen-bond donors (Lipinski definition) is 0. The van der Waals surface area contributed by atoms with Gasteiger partial charge in [0.1, 0.15) is 5.82 Å². The SMILES string of the molecule is CCC(=O)OC(=O)N(Cc1ccc(F)cc1)C1CC(=O)C=C2CC[C@H]3[C@@H]4CCC[C@@]4(C)CC[C@@H]3[C@]21C. The van der Waals surface area contributed by atoms with Crippen LogP contribution in [0.5, 0.6) is 0 Å². The molecular formula is C30H38FNO4. The fraction of sp³-hybridized carbons (Fsp3) is 0.633. The minimum absolute atomic E-state index is 0.0196. The molecule has 3 saturated carbocycles. The maximum Gasteiger partial charge on any atom is 0.418 e. The van der Waals surface area contributed by atoms with E-state index in [1.165, 1.54) is 37.8 Å². The Kier molecular flexibility index (Phi) is 6.59. The van der Waals surface area contributed by atoms with Crippen LogP contribution in [-0.2, 0) is 20.9 Å². The van der Waals surface area contributed by atoms with E-state index in [0.29, 0.717) is 23.2 Å². The van der Waals surface area contributed by atoms with Crippen LogP contribution in [0.25, 0.3) is 0 Å². The van der Waals surface area contributed by atoms with Gasteiger partial charge >= 0.3 is 12.1 Å². The first-order chi connectivity index (χ1) is 17.2. The zero-order chi connectivity index (χ0) is 25.7. The summed E-state index contributed by atoms with van der Waals surface area (Å²) in [5.41, 5.74) is 1.92. The van der Waals surface area contributed by atoms with Crippen molar-refractivity contribution in [3.8, 4) is 0 Å². The van der Waals surface area contributed by atoms with E-state index in [4.69, 9.17) is 4.74 Å². The zero-order valence-electron chi connectivity index (χ0n) is 21.7. The molecule has 1 amide bonds. The minimum atomic E-state index is -0.713. The Morgan fingerprint density at radius 3 is 2.56 bits per heavy atom. The molecule has 36 heavy (non-hydrogen) atoms. The van der Waals surface area contributed by atoms with Gasteiger partial charge in [-0.15, -0.1) is 0 Å². The number of ketones is 1. The number of fused-ring (bicyclic) bond motifs is 5. The van der Waals surface area contributed by atoms with E-state index in [0.717, 1.165) is 30.4 Å². The number of carbonyl (C=O) groups excluding carboxylic acids is 3. The molecule has 194 valence electrons. The molecular weight excluding hydrogens is 457 g/mol. The molecule has 0 N–H and O–H groups in total. The maximum absolute atomic E-state index is 13.6. The van der Waals surface area contributed by atoms with Gasteiger partial charge in [-0.3, -0.25) is 14.5 Å². The largest absolute Gasteiger partial charge is 0.418 e. The van der Waals surface area contributed by atoms with Crippen LogP contribution >= 0.6 is 0 Å². The van der Waals surface area contributed by atoms with E-state index in [-0.39, 0.29) is 36.4 Å². The van der Waals surface area contributed by atoms with Crippen molar-refractivity contribution in [2.45, 2.75) is 91.1 Å². The lowest BCUT2D eigenvalue weighted by molar-refractivity contribution is -0.139. The number of nitrogens with zero attached hydrogens (tertiary/aromatic N) is 1. The van der Waals surface area contributed by atoms with Gasteiger partial charge in [-0.1, -0.05) is 44.9 Å². The van der Waals surface area contributed by atoms with Crippen LogP contribution < -0.4 is 0 Å². The van der Waals surface area contributed by atoms with Gasteiger partial charge in [0.15, 0.2) is 5.78 Å². The van der Waals surface area contributed by atoms with Crippen LogP contribution in [0.1, 0.15) is 84.1 Å². The monoisotopic (exact) mass is 495 g/mol. The van der Waals surface area contributed by atoms with Gasteiger partial charge < -0.3 is 4.74 Å². The van der Waals surface area contributed by atoms with Gasteiger partial charge in [0.05, 0.1) is 6.04 Å².